The van der Waals surface area contributed by atoms with Crippen molar-refractivity contribution in [3.63, 3.8) is 0 Å². The summed E-state index contributed by atoms with van der Waals surface area (Å²) in [7, 11) is 3.39. The van der Waals surface area contributed by atoms with Gasteiger partial charge < -0.3 is 9.64 Å². The number of carbonyl (C=O) groups excluding carboxylic acids is 1. The summed E-state index contributed by atoms with van der Waals surface area (Å²) in [5.74, 6) is -0.915. The van der Waals surface area contributed by atoms with E-state index in [1.807, 2.05) is 6.20 Å². The second-order valence-corrected chi connectivity index (χ2v) is 6.29. The number of aryl methyl sites for hydroxylation is 1. The quantitative estimate of drug-likeness (QED) is 0.700. The Hall–Kier alpha value is -2.94. The number of likely N-dealkylation sites (tertiary alicyclic amines) is 1. The molecule has 0 aliphatic carbocycles. The molecule has 1 amide bonds. The number of amides is 1. The smallest absolute Gasteiger partial charge is 0.256 e. The summed E-state index contributed by atoms with van der Waals surface area (Å²) in [4.78, 5) is 23.0. The van der Waals surface area contributed by atoms with E-state index in [0.717, 1.165) is 5.69 Å². The van der Waals surface area contributed by atoms with Crippen LogP contribution in [0.1, 0.15) is 22.0 Å². The highest BCUT2D eigenvalue weighted by Crippen LogP contribution is 2.30. The second kappa shape index (κ2) is 6.41. The molecule has 2 atom stereocenters. The Kier molecular flexibility index (Phi) is 4.08. The average Bonchev–Trinajstić information content (AvgIpc) is 3.26. The normalized spacial score (nSPS) is 20.0. The lowest BCUT2D eigenvalue weighted by molar-refractivity contribution is 0.0715. The van der Waals surface area contributed by atoms with Crippen LogP contribution >= 0.6 is 0 Å². The maximum absolute atomic E-state index is 13.9. The standard InChI is InChI=1S/C17H17FN6O2/c1-23-8-14(21-22-23)12-7-24(9-15(12)26-2)17(25)11-5-10(18)6-13-16(11)20-4-3-19-13/h3-6,8,12,15H,7,9H2,1-2H3/t12-,15+/m0/s1. The van der Waals surface area contributed by atoms with Gasteiger partial charge in [0.1, 0.15) is 11.3 Å². The number of carbonyl (C=O) groups is 1. The fourth-order valence-corrected chi connectivity index (χ4v) is 3.37. The first kappa shape index (κ1) is 16.5. The topological polar surface area (TPSA) is 86.0 Å². The monoisotopic (exact) mass is 356 g/mol. The third-order valence-corrected chi connectivity index (χ3v) is 4.63. The highest BCUT2D eigenvalue weighted by Gasteiger charge is 2.38. The molecule has 0 spiro atoms. The first-order valence-electron chi connectivity index (χ1n) is 8.15. The van der Waals surface area contributed by atoms with E-state index in [0.29, 0.717) is 24.1 Å². The van der Waals surface area contributed by atoms with Crippen molar-refractivity contribution in [1.82, 2.24) is 29.9 Å². The summed E-state index contributed by atoms with van der Waals surface area (Å²) in [6.45, 7) is 0.795. The SMILES string of the molecule is CO[C@@H]1CN(C(=O)c2cc(F)cc3nccnc23)C[C@H]1c1cn(C)nn1. The van der Waals surface area contributed by atoms with E-state index in [-0.39, 0.29) is 23.5 Å². The molecular formula is C17H17FN6O2. The zero-order valence-corrected chi connectivity index (χ0v) is 14.3. The lowest BCUT2D eigenvalue weighted by Gasteiger charge is -2.16. The van der Waals surface area contributed by atoms with Gasteiger partial charge in [0.05, 0.1) is 28.8 Å². The van der Waals surface area contributed by atoms with Gasteiger partial charge in [-0.15, -0.1) is 5.10 Å². The van der Waals surface area contributed by atoms with E-state index in [1.165, 1.54) is 24.5 Å². The number of benzene rings is 1. The van der Waals surface area contributed by atoms with E-state index in [9.17, 15) is 9.18 Å². The van der Waals surface area contributed by atoms with E-state index >= 15 is 0 Å². The maximum Gasteiger partial charge on any atom is 0.256 e. The maximum atomic E-state index is 13.9. The molecule has 0 saturated carbocycles. The van der Waals surface area contributed by atoms with Crippen molar-refractivity contribution in [3.05, 3.63) is 47.8 Å². The molecule has 1 aliphatic rings. The molecule has 1 fully saturated rings. The number of hydrogen-bond donors (Lipinski definition) is 0. The van der Waals surface area contributed by atoms with Crippen LogP contribution in [0.2, 0.25) is 0 Å². The van der Waals surface area contributed by atoms with Crippen molar-refractivity contribution in [1.29, 1.82) is 0 Å². The van der Waals surface area contributed by atoms with Crippen LogP contribution in [0, 0.1) is 5.82 Å². The lowest BCUT2D eigenvalue weighted by Crippen LogP contribution is -2.30. The Labute approximate surface area is 148 Å². The van der Waals surface area contributed by atoms with E-state index in [2.05, 4.69) is 20.3 Å². The lowest BCUT2D eigenvalue weighted by atomic mass is 10.0. The molecule has 1 saturated heterocycles. The van der Waals surface area contributed by atoms with Gasteiger partial charge in [0.15, 0.2) is 0 Å². The minimum Gasteiger partial charge on any atom is -0.379 e. The predicted octanol–water partition coefficient (Wildman–Crippen LogP) is 1.15. The molecule has 2 aromatic heterocycles. The Bertz CT molecular complexity index is 975. The van der Waals surface area contributed by atoms with Crippen molar-refractivity contribution < 1.29 is 13.9 Å². The van der Waals surface area contributed by atoms with Gasteiger partial charge in [-0.25, -0.2) is 4.39 Å². The van der Waals surface area contributed by atoms with Gasteiger partial charge in [0.25, 0.3) is 5.91 Å². The summed E-state index contributed by atoms with van der Waals surface area (Å²) >= 11 is 0. The number of hydrogen-bond acceptors (Lipinski definition) is 6. The number of aromatic nitrogens is 5. The van der Waals surface area contributed by atoms with Crippen LogP contribution in [-0.4, -0.2) is 62.1 Å². The minimum atomic E-state index is -0.519. The molecule has 4 rings (SSSR count). The van der Waals surface area contributed by atoms with Gasteiger partial charge in [0.2, 0.25) is 0 Å². The molecule has 1 aliphatic heterocycles. The summed E-state index contributed by atoms with van der Waals surface area (Å²) in [5.41, 5.74) is 1.70. The highest BCUT2D eigenvalue weighted by atomic mass is 19.1. The van der Waals surface area contributed by atoms with Crippen LogP contribution in [0.25, 0.3) is 11.0 Å². The molecule has 134 valence electrons. The Morgan fingerprint density at radius 1 is 1.27 bits per heavy atom. The summed E-state index contributed by atoms with van der Waals surface area (Å²) in [6.07, 6.45) is 4.56. The molecule has 26 heavy (non-hydrogen) atoms. The Balaban J connectivity index is 1.67. The van der Waals surface area contributed by atoms with Crippen LogP contribution in [0.3, 0.4) is 0 Å². The van der Waals surface area contributed by atoms with E-state index < -0.39 is 5.82 Å². The molecule has 0 radical (unpaired) electrons. The second-order valence-electron chi connectivity index (χ2n) is 6.29. The van der Waals surface area contributed by atoms with Gasteiger partial charge in [-0.3, -0.25) is 19.4 Å². The first-order chi connectivity index (χ1) is 12.6. The van der Waals surface area contributed by atoms with E-state index in [4.69, 9.17) is 4.74 Å². The third kappa shape index (κ3) is 2.80. The third-order valence-electron chi connectivity index (χ3n) is 4.63. The zero-order chi connectivity index (χ0) is 18.3. The summed E-state index contributed by atoms with van der Waals surface area (Å²) in [6, 6.07) is 2.47. The molecule has 9 heteroatoms. The molecule has 3 heterocycles. The predicted molar refractivity (Wildman–Crippen MR) is 89.9 cm³/mol. The number of rotatable bonds is 3. The van der Waals surface area contributed by atoms with Crippen molar-refractivity contribution in [2.45, 2.75) is 12.0 Å². The van der Waals surface area contributed by atoms with Gasteiger partial charge in [-0.2, -0.15) is 0 Å². The average molecular weight is 356 g/mol. The molecule has 0 unspecified atom stereocenters. The molecular weight excluding hydrogens is 339 g/mol. The molecule has 0 N–H and O–H groups in total. The molecule has 1 aromatic carbocycles. The fourth-order valence-electron chi connectivity index (χ4n) is 3.37. The van der Waals surface area contributed by atoms with Crippen molar-refractivity contribution in [3.8, 4) is 0 Å². The van der Waals surface area contributed by atoms with Crippen LogP contribution in [0.4, 0.5) is 4.39 Å². The minimum absolute atomic E-state index is 0.0939. The summed E-state index contributed by atoms with van der Waals surface area (Å²) in [5, 5.41) is 8.09. The first-order valence-corrected chi connectivity index (χ1v) is 8.15. The molecule has 0 bridgehead atoms. The van der Waals surface area contributed by atoms with E-state index in [1.54, 1.807) is 23.7 Å². The van der Waals surface area contributed by atoms with Gasteiger partial charge in [-0.05, 0) is 6.07 Å². The number of fused-ring (bicyclic) bond motifs is 1. The van der Waals surface area contributed by atoms with Crippen LogP contribution in [0.15, 0.2) is 30.7 Å². The van der Waals surface area contributed by atoms with Gasteiger partial charge >= 0.3 is 0 Å². The van der Waals surface area contributed by atoms with Crippen LogP contribution in [0.5, 0.6) is 0 Å². The zero-order valence-electron chi connectivity index (χ0n) is 14.3. The molecule has 3 aromatic rings. The van der Waals surface area contributed by atoms with Crippen LogP contribution in [-0.2, 0) is 11.8 Å². The number of halogens is 1. The summed E-state index contributed by atoms with van der Waals surface area (Å²) < 4.78 is 21.1. The fraction of sp³-hybridized carbons (Fsp3) is 0.353. The van der Waals surface area contributed by atoms with Gasteiger partial charge in [0, 0.05) is 51.9 Å². The number of ether oxygens (including phenoxy) is 1. The van der Waals surface area contributed by atoms with Crippen LogP contribution < -0.4 is 0 Å². The number of methoxy groups -OCH3 is 1. The molecule has 8 nitrogen and oxygen atoms in total. The highest BCUT2D eigenvalue weighted by molar-refractivity contribution is 6.04. The van der Waals surface area contributed by atoms with Crippen molar-refractivity contribution >= 4 is 16.9 Å². The number of nitrogens with zero attached hydrogens (tertiary/aromatic N) is 6. The Morgan fingerprint density at radius 2 is 2.08 bits per heavy atom. The Morgan fingerprint density at radius 3 is 2.81 bits per heavy atom. The van der Waals surface area contributed by atoms with Gasteiger partial charge in [-0.1, -0.05) is 5.21 Å². The van der Waals surface area contributed by atoms with Crippen molar-refractivity contribution in [2.24, 2.45) is 7.05 Å². The van der Waals surface area contributed by atoms with Crippen molar-refractivity contribution in [2.75, 3.05) is 20.2 Å². The largest absolute Gasteiger partial charge is 0.379 e.